The van der Waals surface area contributed by atoms with Gasteiger partial charge in [0.1, 0.15) is 0 Å². The number of aryl methyl sites for hydroxylation is 1. The number of benzene rings is 1. The Morgan fingerprint density at radius 3 is 2.84 bits per heavy atom. The van der Waals surface area contributed by atoms with Crippen molar-refractivity contribution in [1.29, 1.82) is 0 Å². The first kappa shape index (κ1) is 14.8. The Kier molecular flexibility index (Phi) is 5.21. The summed E-state index contributed by atoms with van der Waals surface area (Å²) >= 11 is 2.24. The molecule has 2 rings (SSSR count). The van der Waals surface area contributed by atoms with Crippen molar-refractivity contribution in [2.24, 2.45) is 0 Å². The van der Waals surface area contributed by atoms with E-state index in [4.69, 9.17) is 0 Å². The number of nitrogens with one attached hydrogen (secondary N) is 1. The highest BCUT2D eigenvalue weighted by molar-refractivity contribution is 14.1. The van der Waals surface area contributed by atoms with Gasteiger partial charge in [0.05, 0.1) is 5.56 Å². The third kappa shape index (κ3) is 3.92. The van der Waals surface area contributed by atoms with Crippen molar-refractivity contribution in [3.05, 3.63) is 32.9 Å². The predicted octanol–water partition coefficient (Wildman–Crippen LogP) is 2.81. The van der Waals surface area contributed by atoms with E-state index >= 15 is 0 Å². The average molecular weight is 372 g/mol. The standard InChI is InChI=1S/C15H21IN2O/c1-3-18(12-7-8-12)10-9-17-15(19)13-6-4-5-11(2)14(13)16/h4-6,12H,3,7-10H2,1-2H3,(H,17,19). The fraction of sp³-hybridized carbons (Fsp3) is 0.533. The Morgan fingerprint density at radius 1 is 1.47 bits per heavy atom. The molecule has 19 heavy (non-hydrogen) atoms. The highest BCUT2D eigenvalue weighted by atomic mass is 127. The van der Waals surface area contributed by atoms with Gasteiger partial charge in [0, 0.05) is 22.7 Å². The number of likely N-dealkylation sites (N-methyl/N-ethyl adjacent to an activating group) is 1. The maximum absolute atomic E-state index is 12.1. The maximum atomic E-state index is 12.1. The van der Waals surface area contributed by atoms with Crippen LogP contribution in [0, 0.1) is 10.5 Å². The Labute approximate surface area is 128 Å². The molecule has 0 aliphatic heterocycles. The molecule has 1 aromatic carbocycles. The molecule has 0 bridgehead atoms. The zero-order valence-corrected chi connectivity index (χ0v) is 13.7. The minimum atomic E-state index is 0.0416. The predicted molar refractivity (Wildman–Crippen MR) is 86.5 cm³/mol. The van der Waals surface area contributed by atoms with Crippen LogP contribution >= 0.6 is 22.6 Å². The SMILES string of the molecule is CCN(CCNC(=O)c1cccc(C)c1I)C1CC1. The topological polar surface area (TPSA) is 32.3 Å². The second kappa shape index (κ2) is 6.70. The van der Waals surface area contributed by atoms with Gasteiger partial charge in [0.15, 0.2) is 0 Å². The summed E-state index contributed by atoms with van der Waals surface area (Å²) in [5, 5.41) is 3.03. The summed E-state index contributed by atoms with van der Waals surface area (Å²) in [5.41, 5.74) is 1.94. The van der Waals surface area contributed by atoms with Crippen molar-refractivity contribution in [3.63, 3.8) is 0 Å². The van der Waals surface area contributed by atoms with Gasteiger partial charge in [-0.2, -0.15) is 0 Å². The molecule has 0 aromatic heterocycles. The number of carbonyl (C=O) groups is 1. The van der Waals surface area contributed by atoms with Crippen LogP contribution in [0.5, 0.6) is 0 Å². The van der Waals surface area contributed by atoms with Crippen LogP contribution in [0.1, 0.15) is 35.7 Å². The van der Waals surface area contributed by atoms with Crippen LogP contribution in [0.3, 0.4) is 0 Å². The van der Waals surface area contributed by atoms with E-state index in [1.807, 2.05) is 25.1 Å². The molecule has 0 heterocycles. The summed E-state index contributed by atoms with van der Waals surface area (Å²) in [6.45, 7) is 6.97. The first-order valence-electron chi connectivity index (χ1n) is 6.90. The maximum Gasteiger partial charge on any atom is 0.252 e. The van der Waals surface area contributed by atoms with Crippen molar-refractivity contribution in [2.75, 3.05) is 19.6 Å². The van der Waals surface area contributed by atoms with Gasteiger partial charge in [0.25, 0.3) is 5.91 Å². The van der Waals surface area contributed by atoms with Gasteiger partial charge in [-0.3, -0.25) is 9.69 Å². The summed E-state index contributed by atoms with van der Waals surface area (Å²) in [6.07, 6.45) is 2.63. The molecule has 3 nitrogen and oxygen atoms in total. The Balaban J connectivity index is 1.85. The molecule has 1 aromatic rings. The van der Waals surface area contributed by atoms with E-state index in [2.05, 4.69) is 39.7 Å². The molecule has 1 fully saturated rings. The molecule has 0 spiro atoms. The lowest BCUT2D eigenvalue weighted by Crippen LogP contribution is -2.36. The summed E-state index contributed by atoms with van der Waals surface area (Å²) in [7, 11) is 0. The lowest BCUT2D eigenvalue weighted by Gasteiger charge is -2.19. The van der Waals surface area contributed by atoms with Gasteiger partial charge >= 0.3 is 0 Å². The largest absolute Gasteiger partial charge is 0.351 e. The number of nitrogens with zero attached hydrogens (tertiary/aromatic N) is 1. The molecule has 0 saturated heterocycles. The van der Waals surface area contributed by atoms with E-state index in [1.165, 1.54) is 12.8 Å². The van der Waals surface area contributed by atoms with Crippen molar-refractivity contribution in [3.8, 4) is 0 Å². The third-order valence-electron chi connectivity index (χ3n) is 3.59. The summed E-state index contributed by atoms with van der Waals surface area (Å²) in [6, 6.07) is 6.63. The lowest BCUT2D eigenvalue weighted by molar-refractivity contribution is 0.0947. The first-order chi connectivity index (χ1) is 9.13. The van der Waals surface area contributed by atoms with Crippen LogP contribution in [0.2, 0.25) is 0 Å². The van der Waals surface area contributed by atoms with Gasteiger partial charge in [-0.1, -0.05) is 19.1 Å². The molecule has 0 atom stereocenters. The molecule has 1 amide bonds. The van der Waals surface area contributed by atoms with Crippen LogP contribution in [0.15, 0.2) is 18.2 Å². The minimum Gasteiger partial charge on any atom is -0.351 e. The van der Waals surface area contributed by atoms with E-state index in [-0.39, 0.29) is 5.91 Å². The first-order valence-corrected chi connectivity index (χ1v) is 7.98. The molecule has 4 heteroatoms. The zero-order valence-electron chi connectivity index (χ0n) is 11.6. The monoisotopic (exact) mass is 372 g/mol. The quantitative estimate of drug-likeness (QED) is 0.779. The van der Waals surface area contributed by atoms with Crippen LogP contribution in [0.25, 0.3) is 0 Å². The number of amides is 1. The molecule has 104 valence electrons. The van der Waals surface area contributed by atoms with Crippen molar-refractivity contribution in [2.45, 2.75) is 32.7 Å². The van der Waals surface area contributed by atoms with Crippen LogP contribution in [-0.2, 0) is 0 Å². The summed E-state index contributed by atoms with van der Waals surface area (Å²) < 4.78 is 1.05. The van der Waals surface area contributed by atoms with Crippen molar-refractivity contribution >= 4 is 28.5 Å². The molecular weight excluding hydrogens is 351 g/mol. The normalized spacial score (nSPS) is 14.7. The molecule has 1 N–H and O–H groups in total. The van der Waals surface area contributed by atoms with Gasteiger partial charge in [0.2, 0.25) is 0 Å². The number of halogens is 1. The summed E-state index contributed by atoms with van der Waals surface area (Å²) in [5.74, 6) is 0.0416. The van der Waals surface area contributed by atoms with E-state index in [0.29, 0.717) is 0 Å². The van der Waals surface area contributed by atoms with E-state index in [9.17, 15) is 4.79 Å². The highest BCUT2D eigenvalue weighted by Crippen LogP contribution is 2.25. The van der Waals surface area contributed by atoms with Crippen molar-refractivity contribution in [1.82, 2.24) is 10.2 Å². The van der Waals surface area contributed by atoms with Gasteiger partial charge in [-0.05, 0) is 60.5 Å². The second-order valence-corrected chi connectivity index (χ2v) is 6.13. The van der Waals surface area contributed by atoms with E-state index in [0.717, 1.165) is 40.4 Å². The van der Waals surface area contributed by atoms with Crippen LogP contribution in [0.4, 0.5) is 0 Å². The van der Waals surface area contributed by atoms with E-state index < -0.39 is 0 Å². The van der Waals surface area contributed by atoms with Gasteiger partial charge in [-0.15, -0.1) is 0 Å². The smallest absolute Gasteiger partial charge is 0.252 e. The number of rotatable bonds is 6. The van der Waals surface area contributed by atoms with Gasteiger partial charge < -0.3 is 5.32 Å². The van der Waals surface area contributed by atoms with Crippen LogP contribution < -0.4 is 5.32 Å². The highest BCUT2D eigenvalue weighted by Gasteiger charge is 2.27. The number of hydrogen-bond donors (Lipinski definition) is 1. The fourth-order valence-electron chi connectivity index (χ4n) is 2.27. The third-order valence-corrected chi connectivity index (χ3v) is 5.02. The van der Waals surface area contributed by atoms with Crippen molar-refractivity contribution < 1.29 is 4.79 Å². The molecule has 1 aliphatic carbocycles. The number of carbonyl (C=O) groups excluding carboxylic acids is 1. The lowest BCUT2D eigenvalue weighted by atomic mass is 10.1. The molecule has 0 unspecified atom stereocenters. The fourth-order valence-corrected chi connectivity index (χ4v) is 2.87. The zero-order chi connectivity index (χ0) is 13.8. The van der Waals surface area contributed by atoms with E-state index in [1.54, 1.807) is 0 Å². The Morgan fingerprint density at radius 2 is 2.21 bits per heavy atom. The summed E-state index contributed by atoms with van der Waals surface area (Å²) in [4.78, 5) is 14.6. The molecule has 1 saturated carbocycles. The van der Waals surface area contributed by atoms with Gasteiger partial charge in [-0.25, -0.2) is 0 Å². The second-order valence-electron chi connectivity index (χ2n) is 5.05. The molecule has 1 aliphatic rings. The number of hydrogen-bond acceptors (Lipinski definition) is 2. The molecule has 0 radical (unpaired) electrons. The Bertz CT molecular complexity index is 457. The Hall–Kier alpha value is -0.620. The molecular formula is C15H21IN2O. The minimum absolute atomic E-state index is 0.0416. The average Bonchev–Trinajstić information content (AvgIpc) is 3.22. The van der Waals surface area contributed by atoms with Crippen LogP contribution in [-0.4, -0.2) is 36.5 Å².